The summed E-state index contributed by atoms with van der Waals surface area (Å²) in [5, 5.41) is 5.31. The van der Waals surface area contributed by atoms with Crippen molar-refractivity contribution in [1.29, 1.82) is 0 Å². The van der Waals surface area contributed by atoms with E-state index in [1.54, 1.807) is 18.3 Å². The number of carbonyl (C=O) groups excluding carboxylic acids is 1. The summed E-state index contributed by atoms with van der Waals surface area (Å²) in [4.78, 5) is 16.6. The van der Waals surface area contributed by atoms with Gasteiger partial charge >= 0.3 is 0 Å². The summed E-state index contributed by atoms with van der Waals surface area (Å²) in [7, 11) is 0. The third-order valence-electron chi connectivity index (χ3n) is 5.21. The molecule has 0 unspecified atom stereocenters. The van der Waals surface area contributed by atoms with Crippen molar-refractivity contribution in [3.63, 3.8) is 0 Å². The zero-order valence-electron chi connectivity index (χ0n) is 17.9. The van der Waals surface area contributed by atoms with E-state index in [0.29, 0.717) is 27.7 Å². The van der Waals surface area contributed by atoms with Crippen LogP contribution in [0.2, 0.25) is 10.2 Å². The molecule has 0 radical (unpaired) electrons. The first kappa shape index (κ1) is 22.7. The normalized spacial score (nSPS) is 11.0. The van der Waals surface area contributed by atoms with Crippen molar-refractivity contribution in [3.8, 4) is 0 Å². The molecular weight excluding hydrogens is 453 g/mol. The lowest BCUT2D eigenvalue weighted by molar-refractivity contribution is 0.103. The van der Waals surface area contributed by atoms with Gasteiger partial charge in [-0.05, 0) is 59.9 Å². The highest BCUT2D eigenvalue weighted by molar-refractivity contribution is 6.31. The zero-order chi connectivity index (χ0) is 23.2. The van der Waals surface area contributed by atoms with Gasteiger partial charge in [-0.1, -0.05) is 77.8 Å². The molecule has 0 spiro atoms. The molecule has 0 aliphatic rings. The van der Waals surface area contributed by atoms with E-state index in [1.807, 2.05) is 73.7 Å². The Morgan fingerprint density at radius 1 is 0.970 bits per heavy atom. The molecule has 0 aliphatic carbocycles. The molecule has 0 saturated carbocycles. The Hall–Kier alpha value is -3.47. The molecule has 0 saturated heterocycles. The third-order valence-corrected chi connectivity index (χ3v) is 5.77. The number of nitrogens with one attached hydrogen (secondary N) is 1. The van der Waals surface area contributed by atoms with E-state index in [9.17, 15) is 4.79 Å². The molecule has 3 aromatic carbocycles. The first-order chi connectivity index (χ1) is 16.0. The number of rotatable bonds is 7. The minimum absolute atomic E-state index is 0.0913. The molecule has 0 bridgehead atoms. The van der Waals surface area contributed by atoms with Crippen LogP contribution in [-0.2, 0) is 6.42 Å². The van der Waals surface area contributed by atoms with Gasteiger partial charge in [0.25, 0.3) is 0 Å². The largest absolute Gasteiger partial charge is 0.289 e. The minimum atomic E-state index is -0.0913. The van der Waals surface area contributed by atoms with E-state index in [0.717, 1.165) is 27.9 Å². The van der Waals surface area contributed by atoms with Crippen LogP contribution in [0.3, 0.4) is 0 Å². The van der Waals surface area contributed by atoms with Crippen LogP contribution in [0.4, 0.5) is 5.69 Å². The van der Waals surface area contributed by atoms with Crippen molar-refractivity contribution in [1.82, 2.24) is 4.98 Å². The van der Waals surface area contributed by atoms with Crippen molar-refractivity contribution in [2.45, 2.75) is 13.3 Å². The van der Waals surface area contributed by atoms with Crippen molar-refractivity contribution in [3.05, 3.63) is 129 Å². The van der Waals surface area contributed by atoms with Crippen LogP contribution in [0.15, 0.2) is 90.2 Å². The van der Waals surface area contributed by atoms with Gasteiger partial charge in [-0.15, -0.1) is 0 Å². The van der Waals surface area contributed by atoms with Gasteiger partial charge in [0.05, 0.1) is 11.9 Å². The summed E-state index contributed by atoms with van der Waals surface area (Å²) in [6.07, 6.45) is 3.91. The fraction of sp³-hybridized carbons (Fsp3) is 0.0741. The van der Waals surface area contributed by atoms with Gasteiger partial charge in [0.1, 0.15) is 5.15 Å². The summed E-state index contributed by atoms with van der Waals surface area (Å²) in [6.45, 7) is 2.03. The molecule has 1 N–H and O–H groups in total. The second kappa shape index (κ2) is 10.4. The Balaban J connectivity index is 1.44. The van der Waals surface area contributed by atoms with Crippen LogP contribution < -0.4 is 5.43 Å². The summed E-state index contributed by atoms with van der Waals surface area (Å²) in [6, 6.07) is 24.6. The molecular formula is C27H21Cl2N3O. The molecule has 4 aromatic rings. The number of hydrazone groups is 1. The van der Waals surface area contributed by atoms with Crippen molar-refractivity contribution in [2.75, 3.05) is 5.43 Å². The van der Waals surface area contributed by atoms with E-state index in [-0.39, 0.29) is 5.78 Å². The monoisotopic (exact) mass is 473 g/mol. The topological polar surface area (TPSA) is 54.4 Å². The maximum absolute atomic E-state index is 12.6. The van der Waals surface area contributed by atoms with Gasteiger partial charge in [0, 0.05) is 22.3 Å². The summed E-state index contributed by atoms with van der Waals surface area (Å²) >= 11 is 12.4. The predicted molar refractivity (Wildman–Crippen MR) is 136 cm³/mol. The Labute approximate surface area is 202 Å². The van der Waals surface area contributed by atoms with E-state index >= 15 is 0 Å². The number of anilines is 1. The highest BCUT2D eigenvalue weighted by Crippen LogP contribution is 2.27. The lowest BCUT2D eigenvalue weighted by Crippen LogP contribution is -2.02. The number of pyridine rings is 1. The number of nitrogens with zero attached hydrogens (tertiary/aromatic N) is 2. The van der Waals surface area contributed by atoms with Crippen LogP contribution >= 0.6 is 23.2 Å². The molecule has 4 nitrogen and oxygen atoms in total. The van der Waals surface area contributed by atoms with Gasteiger partial charge in [0.15, 0.2) is 5.78 Å². The fourth-order valence-corrected chi connectivity index (χ4v) is 3.88. The molecule has 1 aromatic heterocycles. The first-order valence-corrected chi connectivity index (χ1v) is 11.1. The predicted octanol–water partition coefficient (Wildman–Crippen LogP) is 6.96. The van der Waals surface area contributed by atoms with Crippen LogP contribution in [0, 0.1) is 6.92 Å². The zero-order valence-corrected chi connectivity index (χ0v) is 19.4. The maximum atomic E-state index is 12.6. The van der Waals surface area contributed by atoms with Crippen LogP contribution in [-0.4, -0.2) is 17.0 Å². The third kappa shape index (κ3) is 5.86. The van der Waals surface area contributed by atoms with Gasteiger partial charge in [-0.2, -0.15) is 5.10 Å². The van der Waals surface area contributed by atoms with Crippen LogP contribution in [0.25, 0.3) is 0 Å². The van der Waals surface area contributed by atoms with Crippen LogP contribution in [0.5, 0.6) is 0 Å². The second-order valence-corrected chi connectivity index (χ2v) is 8.40. The van der Waals surface area contributed by atoms with E-state index < -0.39 is 0 Å². The number of benzene rings is 3. The molecule has 1 heterocycles. The standard InChI is InChI=1S/C27H21Cl2N3O/c1-18-13-23(32-31-16-20-5-3-2-4-6-20)15-25(28)24(18)14-19-7-9-21(10-8-19)27(33)22-11-12-26(29)30-17-22/h2-13,15-17,32H,14H2,1H3. The molecule has 4 rings (SSSR count). The van der Waals surface area contributed by atoms with Gasteiger partial charge < -0.3 is 0 Å². The van der Waals surface area contributed by atoms with Crippen molar-refractivity contribution >= 4 is 40.9 Å². The molecule has 6 heteroatoms. The van der Waals surface area contributed by atoms with Crippen molar-refractivity contribution < 1.29 is 4.79 Å². The number of aromatic nitrogens is 1. The highest BCUT2D eigenvalue weighted by Gasteiger charge is 2.11. The number of ketones is 1. The molecule has 0 atom stereocenters. The van der Waals surface area contributed by atoms with E-state index in [4.69, 9.17) is 23.2 Å². The lowest BCUT2D eigenvalue weighted by Gasteiger charge is -2.12. The maximum Gasteiger partial charge on any atom is 0.194 e. The van der Waals surface area contributed by atoms with Gasteiger partial charge in [-0.3, -0.25) is 10.2 Å². The van der Waals surface area contributed by atoms with E-state index in [1.165, 1.54) is 6.20 Å². The van der Waals surface area contributed by atoms with Gasteiger partial charge in [-0.25, -0.2) is 4.98 Å². The summed E-state index contributed by atoms with van der Waals surface area (Å²) < 4.78 is 0. The average Bonchev–Trinajstić information content (AvgIpc) is 2.83. The quantitative estimate of drug-likeness (QED) is 0.136. The molecule has 164 valence electrons. The van der Waals surface area contributed by atoms with Gasteiger partial charge in [0.2, 0.25) is 0 Å². The average molecular weight is 474 g/mol. The Morgan fingerprint density at radius 3 is 2.36 bits per heavy atom. The minimum Gasteiger partial charge on any atom is -0.289 e. The number of carbonyl (C=O) groups is 1. The molecule has 0 aliphatic heterocycles. The highest BCUT2D eigenvalue weighted by atomic mass is 35.5. The Bertz CT molecular complexity index is 1260. The molecule has 0 amide bonds. The second-order valence-electron chi connectivity index (χ2n) is 7.61. The van der Waals surface area contributed by atoms with E-state index in [2.05, 4.69) is 15.5 Å². The number of hydrogen-bond donors (Lipinski definition) is 1. The molecule has 0 fully saturated rings. The smallest absolute Gasteiger partial charge is 0.194 e. The van der Waals surface area contributed by atoms with Crippen LogP contribution in [0.1, 0.15) is 38.2 Å². The molecule has 33 heavy (non-hydrogen) atoms. The Kier molecular flexibility index (Phi) is 7.18. The summed E-state index contributed by atoms with van der Waals surface area (Å²) in [5.41, 5.74) is 9.14. The summed E-state index contributed by atoms with van der Waals surface area (Å²) in [5.74, 6) is -0.0913. The SMILES string of the molecule is Cc1cc(NN=Cc2ccccc2)cc(Cl)c1Cc1ccc(C(=O)c2ccc(Cl)nc2)cc1. The van der Waals surface area contributed by atoms with Crippen molar-refractivity contribution in [2.24, 2.45) is 5.10 Å². The lowest BCUT2D eigenvalue weighted by atomic mass is 9.97. The fourth-order valence-electron chi connectivity index (χ4n) is 3.44. The number of hydrogen-bond acceptors (Lipinski definition) is 4. The first-order valence-electron chi connectivity index (χ1n) is 10.4. The number of halogens is 2. The number of aryl methyl sites for hydroxylation is 1. The Morgan fingerprint density at radius 2 is 1.70 bits per heavy atom.